The molecule has 6 rings (SSSR count). The van der Waals surface area contributed by atoms with Gasteiger partial charge in [0.05, 0.1) is 17.9 Å². The molecule has 0 radical (unpaired) electrons. The predicted octanol–water partition coefficient (Wildman–Crippen LogP) is 4.54. The number of hydrogen-bond donors (Lipinski definition) is 2. The van der Waals surface area contributed by atoms with E-state index < -0.39 is 11.6 Å². The number of amides is 2. The predicted molar refractivity (Wildman–Crippen MR) is 162 cm³/mol. The second-order valence-electron chi connectivity index (χ2n) is 13.3. The summed E-state index contributed by atoms with van der Waals surface area (Å²) in [5, 5.41) is 3.59. The average molecular weight is 574 g/mol. The van der Waals surface area contributed by atoms with E-state index in [9.17, 15) is 14.4 Å². The van der Waals surface area contributed by atoms with Crippen LogP contribution in [0.2, 0.25) is 0 Å². The zero-order chi connectivity index (χ0) is 29.6. The largest absolute Gasteiger partial charge is 0.464 e. The van der Waals surface area contributed by atoms with Crippen molar-refractivity contribution in [3.05, 3.63) is 59.2 Å². The lowest BCUT2D eigenvalue weighted by Gasteiger charge is -2.48. The lowest BCUT2D eigenvalue weighted by atomic mass is 9.74. The summed E-state index contributed by atoms with van der Waals surface area (Å²) in [4.78, 5) is 46.8. The first-order valence-electron chi connectivity index (χ1n) is 15.4. The molecule has 224 valence electrons. The zero-order valence-corrected chi connectivity index (χ0v) is 25.1. The summed E-state index contributed by atoms with van der Waals surface area (Å²) in [6.45, 7) is 8.89. The lowest BCUT2D eigenvalue weighted by molar-refractivity contribution is -0.141. The summed E-state index contributed by atoms with van der Waals surface area (Å²) in [7, 11) is 0. The van der Waals surface area contributed by atoms with Gasteiger partial charge in [0.1, 0.15) is 23.1 Å². The molecule has 0 saturated carbocycles. The number of nitrogens with two attached hydrogens (primary N) is 1. The molecular weight excluding hydrogens is 530 g/mol. The molecule has 1 aliphatic carbocycles. The molecule has 2 fully saturated rings. The van der Waals surface area contributed by atoms with Crippen molar-refractivity contribution >= 4 is 29.0 Å². The van der Waals surface area contributed by atoms with Crippen LogP contribution >= 0.6 is 0 Å². The Balaban J connectivity index is 1.33. The van der Waals surface area contributed by atoms with Gasteiger partial charge >= 0.3 is 0 Å². The van der Waals surface area contributed by atoms with E-state index in [-0.39, 0.29) is 29.6 Å². The zero-order valence-electron chi connectivity index (χ0n) is 25.1. The Kier molecular flexibility index (Phi) is 7.41. The topological polar surface area (TPSA) is 112 Å². The summed E-state index contributed by atoms with van der Waals surface area (Å²) < 4.78 is 6.18. The van der Waals surface area contributed by atoms with Crippen LogP contribution in [-0.4, -0.2) is 65.7 Å². The molecule has 0 spiro atoms. The number of allylic oxidation sites excluding steroid dienone is 1. The first-order valence-corrected chi connectivity index (χ1v) is 15.4. The van der Waals surface area contributed by atoms with Crippen LogP contribution in [0.4, 0.5) is 11.4 Å². The summed E-state index contributed by atoms with van der Waals surface area (Å²) in [6.07, 6.45) is 5.54. The van der Waals surface area contributed by atoms with E-state index in [0.717, 1.165) is 55.2 Å². The first-order chi connectivity index (χ1) is 20.1. The third-order valence-corrected chi connectivity index (χ3v) is 9.70. The van der Waals surface area contributed by atoms with E-state index in [0.29, 0.717) is 43.7 Å². The maximum atomic E-state index is 14.1. The third-order valence-electron chi connectivity index (χ3n) is 9.70. The molecule has 1 aromatic carbocycles. The number of hydrogen-bond acceptors (Lipinski definition) is 7. The lowest BCUT2D eigenvalue weighted by Crippen LogP contribution is -2.64. The second kappa shape index (κ2) is 10.9. The van der Waals surface area contributed by atoms with Crippen molar-refractivity contribution in [3.63, 3.8) is 0 Å². The Bertz CT molecular complexity index is 1410. The molecule has 2 aromatic rings. The number of benzene rings is 1. The van der Waals surface area contributed by atoms with Crippen LogP contribution < -0.4 is 16.0 Å². The van der Waals surface area contributed by atoms with Gasteiger partial charge in [-0.2, -0.15) is 0 Å². The summed E-state index contributed by atoms with van der Waals surface area (Å²) in [5.74, 6) is 1.15. The molecule has 9 nitrogen and oxygen atoms in total. The van der Waals surface area contributed by atoms with E-state index in [4.69, 9.17) is 10.2 Å². The molecule has 4 aliphatic rings. The number of furan rings is 1. The van der Waals surface area contributed by atoms with Crippen molar-refractivity contribution in [1.29, 1.82) is 0 Å². The van der Waals surface area contributed by atoms with Gasteiger partial charge in [-0.05, 0) is 81.8 Å². The number of Topliss-reactive ketones (excluding diaryl/α,β-unsaturated/α-hetero) is 1. The molecule has 9 heteroatoms. The van der Waals surface area contributed by atoms with Gasteiger partial charge in [0.15, 0.2) is 5.78 Å². The van der Waals surface area contributed by atoms with Crippen molar-refractivity contribution in [1.82, 2.24) is 9.80 Å². The normalized spacial score (nSPS) is 24.0. The van der Waals surface area contributed by atoms with Crippen LogP contribution in [0.1, 0.15) is 76.4 Å². The first kappa shape index (κ1) is 28.5. The number of carbonyl (C=O) groups is 3. The van der Waals surface area contributed by atoms with Crippen LogP contribution in [0.3, 0.4) is 0 Å². The number of aryl methyl sites for hydroxylation is 1. The maximum absolute atomic E-state index is 14.1. The van der Waals surface area contributed by atoms with E-state index in [1.54, 1.807) is 0 Å². The van der Waals surface area contributed by atoms with Crippen LogP contribution in [0.5, 0.6) is 0 Å². The van der Waals surface area contributed by atoms with E-state index in [1.807, 2.05) is 53.1 Å². The smallest absolute Gasteiger partial charge is 0.242 e. The Labute approximate surface area is 248 Å². The number of anilines is 2. The highest BCUT2D eigenvalue weighted by molar-refractivity contribution is 6.01. The fourth-order valence-corrected chi connectivity index (χ4v) is 7.54. The van der Waals surface area contributed by atoms with Gasteiger partial charge in [0.2, 0.25) is 11.8 Å². The molecule has 1 atom stereocenters. The highest BCUT2D eigenvalue weighted by Crippen LogP contribution is 2.48. The van der Waals surface area contributed by atoms with Gasteiger partial charge in [-0.25, -0.2) is 0 Å². The minimum absolute atomic E-state index is 0.0394. The summed E-state index contributed by atoms with van der Waals surface area (Å²) >= 11 is 0. The minimum atomic E-state index is -0.689. The van der Waals surface area contributed by atoms with Gasteiger partial charge in [-0.15, -0.1) is 0 Å². The average Bonchev–Trinajstić information content (AvgIpc) is 3.34. The quantitative estimate of drug-likeness (QED) is 0.540. The van der Waals surface area contributed by atoms with Gasteiger partial charge in [0.25, 0.3) is 0 Å². The second-order valence-corrected chi connectivity index (χ2v) is 13.3. The highest BCUT2D eigenvalue weighted by atomic mass is 16.3. The standard InChI is InChI=1S/C33H43N5O4/c1-22-11-12-27(42-22)30-29-24(19-32(2,3)20-26(29)39)35-23-9-5-6-10-25(23)38(30)21-28(40)36-17-13-33(14-18-36,31(34)41)37-15-7-4-8-16-37/h5-6,9-12,30,35H,4,7-8,13-21H2,1-3H3,(H2,34,41). The number of nitrogens with zero attached hydrogens (tertiary/aromatic N) is 3. The molecule has 1 unspecified atom stereocenters. The van der Waals surface area contributed by atoms with Crippen molar-refractivity contribution < 1.29 is 18.8 Å². The van der Waals surface area contributed by atoms with Gasteiger partial charge in [-0.1, -0.05) is 32.4 Å². The van der Waals surface area contributed by atoms with Crippen molar-refractivity contribution in [3.8, 4) is 0 Å². The number of piperidine rings is 2. The number of carbonyl (C=O) groups excluding carboxylic acids is 3. The van der Waals surface area contributed by atoms with Crippen molar-refractivity contribution in [2.45, 2.75) is 77.3 Å². The maximum Gasteiger partial charge on any atom is 0.242 e. The van der Waals surface area contributed by atoms with E-state index in [1.165, 1.54) is 6.42 Å². The fourth-order valence-electron chi connectivity index (χ4n) is 7.54. The number of ketones is 1. The van der Waals surface area contributed by atoms with Gasteiger partial charge < -0.3 is 25.3 Å². The van der Waals surface area contributed by atoms with Crippen molar-refractivity contribution in [2.75, 3.05) is 42.9 Å². The molecule has 4 heterocycles. The summed E-state index contributed by atoms with van der Waals surface area (Å²) in [6, 6.07) is 11.2. The number of likely N-dealkylation sites (tertiary alicyclic amines) is 2. The Morgan fingerprint density at radius 1 is 1.00 bits per heavy atom. The van der Waals surface area contributed by atoms with Crippen molar-refractivity contribution in [2.24, 2.45) is 11.1 Å². The summed E-state index contributed by atoms with van der Waals surface area (Å²) in [5.41, 5.74) is 8.42. The number of primary amides is 1. The Morgan fingerprint density at radius 3 is 2.38 bits per heavy atom. The highest BCUT2D eigenvalue weighted by Gasteiger charge is 2.47. The molecule has 2 amide bonds. The molecule has 0 bridgehead atoms. The van der Waals surface area contributed by atoms with Crippen LogP contribution in [-0.2, 0) is 14.4 Å². The number of rotatable bonds is 5. The minimum Gasteiger partial charge on any atom is -0.464 e. The monoisotopic (exact) mass is 573 g/mol. The molecular formula is C33H43N5O4. The third kappa shape index (κ3) is 5.12. The van der Waals surface area contributed by atoms with Gasteiger partial charge in [-0.3, -0.25) is 19.3 Å². The number of fused-ring (bicyclic) bond motifs is 1. The van der Waals surface area contributed by atoms with Crippen LogP contribution in [0.25, 0.3) is 0 Å². The number of para-hydroxylation sites is 2. The van der Waals surface area contributed by atoms with Gasteiger partial charge in [0, 0.05) is 30.8 Å². The molecule has 42 heavy (non-hydrogen) atoms. The van der Waals surface area contributed by atoms with Crippen LogP contribution in [0, 0.1) is 12.3 Å². The Morgan fingerprint density at radius 2 is 1.71 bits per heavy atom. The molecule has 2 saturated heterocycles. The number of nitrogens with one attached hydrogen (secondary N) is 1. The molecule has 3 N–H and O–H groups in total. The van der Waals surface area contributed by atoms with E-state index in [2.05, 4.69) is 24.1 Å². The fraction of sp³-hybridized carbons (Fsp3) is 0.545. The van der Waals surface area contributed by atoms with E-state index >= 15 is 0 Å². The van der Waals surface area contributed by atoms with Crippen LogP contribution in [0.15, 0.2) is 52.1 Å². The SMILES string of the molecule is Cc1ccc(C2C3=C(CC(C)(C)CC3=O)Nc3ccccc3N2CC(=O)N2CCC(C(N)=O)(N3CCCCC3)CC2)o1. The molecule has 1 aromatic heterocycles. The molecule has 3 aliphatic heterocycles. The Hall–Kier alpha value is -3.59.